The van der Waals surface area contributed by atoms with Gasteiger partial charge in [0.2, 0.25) is 0 Å². The fourth-order valence-corrected chi connectivity index (χ4v) is 4.65. The van der Waals surface area contributed by atoms with Gasteiger partial charge in [-0.2, -0.15) is 0 Å². The average molecular weight is 385 g/mol. The van der Waals surface area contributed by atoms with Crippen molar-refractivity contribution in [3.05, 3.63) is 40.4 Å². The maximum absolute atomic E-state index is 13.2. The van der Waals surface area contributed by atoms with Gasteiger partial charge in [-0.3, -0.25) is 9.36 Å². The molecule has 2 aromatic heterocycles. The van der Waals surface area contributed by atoms with Crippen molar-refractivity contribution in [1.29, 1.82) is 0 Å². The number of aryl methyl sites for hydroxylation is 1. The van der Waals surface area contributed by atoms with Crippen LogP contribution < -0.4 is 5.56 Å². The van der Waals surface area contributed by atoms with Crippen LogP contribution in [0, 0.1) is 0 Å². The molecule has 1 aliphatic rings. The number of rotatable bonds is 7. The summed E-state index contributed by atoms with van der Waals surface area (Å²) >= 11 is 1.56. The molecular formula is C19H24N6OS. The zero-order valence-corrected chi connectivity index (χ0v) is 16.4. The van der Waals surface area contributed by atoms with Gasteiger partial charge in [-0.05, 0) is 41.8 Å². The highest BCUT2D eigenvalue weighted by atomic mass is 32.2. The van der Waals surface area contributed by atoms with E-state index in [1.165, 1.54) is 12.8 Å². The van der Waals surface area contributed by atoms with Gasteiger partial charge in [0.1, 0.15) is 0 Å². The highest BCUT2D eigenvalue weighted by molar-refractivity contribution is 7.98. The maximum Gasteiger partial charge on any atom is 0.262 e. The van der Waals surface area contributed by atoms with Crippen molar-refractivity contribution in [2.24, 2.45) is 0 Å². The molecule has 0 unspecified atom stereocenters. The molecule has 4 rings (SSSR count). The van der Waals surface area contributed by atoms with E-state index in [0.29, 0.717) is 11.1 Å². The van der Waals surface area contributed by atoms with Crippen LogP contribution in [0.4, 0.5) is 0 Å². The molecule has 7 nitrogen and oxygen atoms in total. The Hall–Kier alpha value is -2.22. The second-order valence-corrected chi connectivity index (χ2v) is 7.93. The van der Waals surface area contributed by atoms with Crippen LogP contribution in [0.2, 0.25) is 0 Å². The van der Waals surface area contributed by atoms with Crippen LogP contribution in [0.15, 0.2) is 34.2 Å². The number of aromatic nitrogens is 6. The van der Waals surface area contributed by atoms with E-state index in [9.17, 15) is 4.79 Å². The molecule has 0 bridgehead atoms. The van der Waals surface area contributed by atoms with E-state index in [-0.39, 0.29) is 11.6 Å². The lowest BCUT2D eigenvalue weighted by atomic mass is 10.2. The molecule has 0 amide bonds. The molecule has 0 saturated heterocycles. The lowest BCUT2D eigenvalue weighted by Gasteiger charge is -2.18. The molecule has 3 aromatic rings. The van der Waals surface area contributed by atoms with Crippen LogP contribution in [0.3, 0.4) is 0 Å². The smallest absolute Gasteiger partial charge is 0.262 e. The molecule has 1 aromatic carbocycles. The minimum absolute atomic E-state index is 0.0700. The zero-order valence-electron chi connectivity index (χ0n) is 15.5. The van der Waals surface area contributed by atoms with Crippen LogP contribution in [0.5, 0.6) is 0 Å². The second-order valence-electron chi connectivity index (χ2n) is 6.99. The molecule has 142 valence electrons. The number of tetrazole rings is 1. The standard InChI is InChI=1S/C19H24N6OS/c1-2-3-12-24-17(21-22-23-24)13-27-19-20-16-11-7-6-10-15(16)18(26)25(19)14-8-4-5-9-14/h6-7,10-11,14H,2-5,8-9,12-13H2,1H3. The van der Waals surface area contributed by atoms with Crippen molar-refractivity contribution >= 4 is 22.7 Å². The van der Waals surface area contributed by atoms with E-state index < -0.39 is 0 Å². The first kappa shape index (κ1) is 18.2. The topological polar surface area (TPSA) is 78.5 Å². The quantitative estimate of drug-likeness (QED) is 0.457. The van der Waals surface area contributed by atoms with Crippen molar-refractivity contribution < 1.29 is 0 Å². The molecule has 2 heterocycles. The van der Waals surface area contributed by atoms with Crippen LogP contribution in [0.1, 0.15) is 57.3 Å². The molecule has 1 aliphatic carbocycles. The molecule has 1 fully saturated rings. The average Bonchev–Trinajstić information content (AvgIpc) is 3.36. The number of hydrogen-bond acceptors (Lipinski definition) is 6. The first-order chi connectivity index (χ1) is 13.3. The third-order valence-electron chi connectivity index (χ3n) is 5.13. The van der Waals surface area contributed by atoms with Gasteiger partial charge in [0, 0.05) is 12.6 Å². The van der Waals surface area contributed by atoms with Crippen molar-refractivity contribution in [1.82, 2.24) is 29.8 Å². The third-order valence-corrected chi connectivity index (χ3v) is 6.07. The van der Waals surface area contributed by atoms with Gasteiger partial charge in [0.25, 0.3) is 5.56 Å². The van der Waals surface area contributed by atoms with Gasteiger partial charge in [-0.15, -0.1) is 5.10 Å². The second kappa shape index (κ2) is 8.21. The molecule has 0 radical (unpaired) electrons. The molecule has 0 N–H and O–H groups in total. The number of fused-ring (bicyclic) bond motifs is 1. The summed E-state index contributed by atoms with van der Waals surface area (Å²) in [7, 11) is 0. The van der Waals surface area contributed by atoms with Gasteiger partial charge < -0.3 is 0 Å². The number of para-hydroxylation sites is 1. The number of unbranched alkanes of at least 4 members (excludes halogenated alkanes) is 1. The maximum atomic E-state index is 13.2. The summed E-state index contributed by atoms with van der Waals surface area (Å²) in [4.78, 5) is 18.0. The minimum atomic E-state index is 0.0700. The van der Waals surface area contributed by atoms with E-state index in [1.54, 1.807) is 11.8 Å². The largest absolute Gasteiger partial charge is 0.284 e. The van der Waals surface area contributed by atoms with E-state index >= 15 is 0 Å². The van der Waals surface area contributed by atoms with Crippen molar-refractivity contribution in [2.45, 2.75) is 68.9 Å². The van der Waals surface area contributed by atoms with Crippen molar-refractivity contribution in [2.75, 3.05) is 0 Å². The molecule has 0 spiro atoms. The Morgan fingerprint density at radius 3 is 2.85 bits per heavy atom. The Morgan fingerprint density at radius 2 is 2.04 bits per heavy atom. The summed E-state index contributed by atoms with van der Waals surface area (Å²) in [6.07, 6.45) is 6.57. The van der Waals surface area contributed by atoms with Crippen LogP contribution >= 0.6 is 11.8 Å². The van der Waals surface area contributed by atoms with Gasteiger partial charge in [-0.1, -0.05) is 50.1 Å². The molecule has 0 aliphatic heterocycles. The first-order valence-electron chi connectivity index (χ1n) is 9.67. The summed E-state index contributed by atoms with van der Waals surface area (Å²) in [5.41, 5.74) is 0.824. The predicted octanol–water partition coefficient (Wildman–Crippen LogP) is 3.59. The van der Waals surface area contributed by atoms with E-state index in [1.807, 2.05) is 33.5 Å². The van der Waals surface area contributed by atoms with Crippen molar-refractivity contribution in [3.63, 3.8) is 0 Å². The monoisotopic (exact) mass is 384 g/mol. The van der Waals surface area contributed by atoms with Gasteiger partial charge in [0.15, 0.2) is 11.0 Å². The van der Waals surface area contributed by atoms with E-state index in [2.05, 4.69) is 22.4 Å². The summed E-state index contributed by atoms with van der Waals surface area (Å²) in [5.74, 6) is 1.43. The van der Waals surface area contributed by atoms with E-state index in [4.69, 9.17) is 4.98 Å². The highest BCUT2D eigenvalue weighted by Gasteiger charge is 2.23. The SMILES string of the molecule is CCCCn1nnnc1CSc1nc2ccccc2c(=O)n1C1CCCC1. The first-order valence-corrected chi connectivity index (χ1v) is 10.7. The molecule has 27 heavy (non-hydrogen) atoms. The predicted molar refractivity (Wildman–Crippen MR) is 106 cm³/mol. The lowest BCUT2D eigenvalue weighted by Crippen LogP contribution is -2.26. The normalized spacial score (nSPS) is 15.0. The zero-order chi connectivity index (χ0) is 18.6. The summed E-state index contributed by atoms with van der Waals surface area (Å²) in [5, 5.41) is 13.5. The number of hydrogen-bond donors (Lipinski definition) is 0. The summed E-state index contributed by atoms with van der Waals surface area (Å²) < 4.78 is 3.77. The minimum Gasteiger partial charge on any atom is -0.284 e. The van der Waals surface area contributed by atoms with Crippen molar-refractivity contribution in [3.8, 4) is 0 Å². The van der Waals surface area contributed by atoms with Crippen LogP contribution in [0.25, 0.3) is 10.9 Å². The third kappa shape index (κ3) is 3.76. The summed E-state index contributed by atoms with van der Waals surface area (Å²) in [6.45, 7) is 2.97. The molecule has 0 atom stereocenters. The Balaban J connectivity index is 1.67. The fourth-order valence-electron chi connectivity index (χ4n) is 3.65. The molecular weight excluding hydrogens is 360 g/mol. The Morgan fingerprint density at radius 1 is 1.22 bits per heavy atom. The fraction of sp³-hybridized carbons (Fsp3) is 0.526. The van der Waals surface area contributed by atoms with E-state index in [0.717, 1.165) is 48.7 Å². The number of thioether (sulfide) groups is 1. The van der Waals surface area contributed by atoms with Crippen LogP contribution in [-0.2, 0) is 12.3 Å². The van der Waals surface area contributed by atoms with Crippen LogP contribution in [-0.4, -0.2) is 29.8 Å². The highest BCUT2D eigenvalue weighted by Crippen LogP contribution is 2.32. The number of benzene rings is 1. The Bertz CT molecular complexity index is 976. The van der Waals surface area contributed by atoms with Gasteiger partial charge >= 0.3 is 0 Å². The van der Waals surface area contributed by atoms with Gasteiger partial charge in [-0.25, -0.2) is 9.67 Å². The van der Waals surface area contributed by atoms with Gasteiger partial charge in [0.05, 0.1) is 16.7 Å². The summed E-state index contributed by atoms with van der Waals surface area (Å²) in [6, 6.07) is 7.85. The Labute approximate surface area is 162 Å². The molecule has 8 heteroatoms. The Kier molecular flexibility index (Phi) is 5.52. The number of nitrogens with zero attached hydrogens (tertiary/aromatic N) is 6. The lowest BCUT2D eigenvalue weighted by molar-refractivity contribution is 0.457. The molecule has 1 saturated carbocycles.